The zero-order chi connectivity index (χ0) is 11.7. The van der Waals surface area contributed by atoms with Crippen LogP contribution >= 0.6 is 27.5 Å². The molecule has 2 N–H and O–H groups in total. The predicted octanol–water partition coefficient (Wildman–Crippen LogP) is 2.01. The van der Waals surface area contributed by atoms with Gasteiger partial charge < -0.3 is 5.32 Å². The van der Waals surface area contributed by atoms with Crippen molar-refractivity contribution >= 4 is 45.0 Å². The third-order valence-electron chi connectivity index (χ3n) is 1.99. The van der Waals surface area contributed by atoms with E-state index in [1.165, 1.54) is 0 Å². The van der Waals surface area contributed by atoms with Crippen LogP contribution in [-0.4, -0.2) is 11.8 Å². The van der Waals surface area contributed by atoms with Crippen molar-refractivity contribution in [1.29, 1.82) is 0 Å². The second-order valence-electron chi connectivity index (χ2n) is 3.10. The van der Waals surface area contributed by atoms with Gasteiger partial charge in [-0.2, -0.15) is 0 Å². The Kier molecular flexibility index (Phi) is 2.98. The summed E-state index contributed by atoms with van der Waals surface area (Å²) < 4.78 is 0.201. The number of rotatable bonds is 2. The zero-order valence-corrected chi connectivity index (χ0v) is 10.2. The summed E-state index contributed by atoms with van der Waals surface area (Å²) in [7, 11) is 0. The first-order chi connectivity index (χ1) is 7.58. The molecule has 82 valence electrons. The summed E-state index contributed by atoms with van der Waals surface area (Å²) in [5.74, 6) is -0.895. The van der Waals surface area contributed by atoms with E-state index in [0.29, 0.717) is 10.7 Å². The molecule has 0 aromatic heterocycles. The monoisotopic (exact) mass is 300 g/mol. The highest BCUT2D eigenvalue weighted by Gasteiger charge is 2.28. The Morgan fingerprint density at radius 2 is 1.75 bits per heavy atom. The second-order valence-corrected chi connectivity index (χ2v) is 4.33. The molecular weight excluding hydrogens is 295 g/mol. The zero-order valence-electron chi connectivity index (χ0n) is 7.88. The number of carbonyl (C=O) groups excluding carboxylic acids is 2. The van der Waals surface area contributed by atoms with Gasteiger partial charge in [0.25, 0.3) is 11.8 Å². The van der Waals surface area contributed by atoms with Crippen LogP contribution in [0.15, 0.2) is 34.4 Å². The molecule has 0 spiro atoms. The molecule has 0 atom stereocenters. The fourth-order valence-electron chi connectivity index (χ4n) is 1.22. The summed E-state index contributed by atoms with van der Waals surface area (Å²) in [6, 6.07) is 6.80. The van der Waals surface area contributed by atoms with Gasteiger partial charge in [0, 0.05) is 10.7 Å². The van der Waals surface area contributed by atoms with Crippen LogP contribution < -0.4 is 10.6 Å². The molecule has 1 aromatic rings. The lowest BCUT2D eigenvalue weighted by Crippen LogP contribution is -2.24. The molecule has 0 radical (unpaired) electrons. The Morgan fingerprint density at radius 3 is 2.25 bits per heavy atom. The first kappa shape index (κ1) is 11.2. The van der Waals surface area contributed by atoms with Crippen molar-refractivity contribution in [3.8, 4) is 0 Å². The van der Waals surface area contributed by atoms with E-state index in [1.54, 1.807) is 24.3 Å². The third-order valence-corrected chi connectivity index (χ3v) is 3.00. The lowest BCUT2D eigenvalue weighted by Gasteiger charge is -2.05. The molecule has 1 heterocycles. The summed E-state index contributed by atoms with van der Waals surface area (Å²) >= 11 is 8.77. The maximum Gasteiger partial charge on any atom is 0.275 e. The molecule has 1 aromatic carbocycles. The SMILES string of the molecule is O=C1NC(=O)C(Nc2ccc(Cl)cc2)=C1Br. The van der Waals surface area contributed by atoms with Crippen LogP contribution in [-0.2, 0) is 9.59 Å². The molecule has 6 heteroatoms. The number of nitrogens with one attached hydrogen (secondary N) is 2. The van der Waals surface area contributed by atoms with Gasteiger partial charge in [0.15, 0.2) is 0 Å². The summed E-state index contributed by atoms with van der Waals surface area (Å²) in [5.41, 5.74) is 0.883. The van der Waals surface area contributed by atoms with Crippen LogP contribution in [0, 0.1) is 0 Å². The van der Waals surface area contributed by atoms with Crippen LogP contribution in [0.4, 0.5) is 5.69 Å². The first-order valence-corrected chi connectivity index (χ1v) is 5.53. The molecule has 0 bridgehead atoms. The second kappa shape index (κ2) is 4.27. The van der Waals surface area contributed by atoms with Crippen LogP contribution in [0.3, 0.4) is 0 Å². The number of halogens is 2. The summed E-state index contributed by atoms with van der Waals surface area (Å²) in [6.07, 6.45) is 0. The topological polar surface area (TPSA) is 58.2 Å². The number of amides is 2. The highest BCUT2D eigenvalue weighted by atomic mass is 79.9. The minimum atomic E-state index is -0.452. The molecule has 0 fully saturated rings. The van der Waals surface area contributed by atoms with Crippen molar-refractivity contribution in [2.45, 2.75) is 0 Å². The summed E-state index contributed by atoms with van der Waals surface area (Å²) in [6.45, 7) is 0. The van der Waals surface area contributed by atoms with Crippen molar-refractivity contribution in [2.24, 2.45) is 0 Å². The first-order valence-electron chi connectivity index (χ1n) is 4.36. The number of anilines is 1. The molecule has 2 rings (SSSR count). The largest absolute Gasteiger partial charge is 0.350 e. The predicted molar refractivity (Wildman–Crippen MR) is 64.2 cm³/mol. The van der Waals surface area contributed by atoms with Crippen molar-refractivity contribution in [3.05, 3.63) is 39.5 Å². The van der Waals surface area contributed by atoms with Gasteiger partial charge in [0.1, 0.15) is 10.2 Å². The van der Waals surface area contributed by atoms with E-state index in [-0.39, 0.29) is 10.2 Å². The Hall–Kier alpha value is -1.33. The van der Waals surface area contributed by atoms with Gasteiger partial charge in [-0.15, -0.1) is 0 Å². The maximum atomic E-state index is 11.4. The highest BCUT2D eigenvalue weighted by Crippen LogP contribution is 2.22. The number of carbonyl (C=O) groups is 2. The molecule has 16 heavy (non-hydrogen) atoms. The van der Waals surface area contributed by atoms with Crippen LogP contribution in [0.1, 0.15) is 0 Å². The van der Waals surface area contributed by atoms with Gasteiger partial charge in [0.05, 0.1) is 0 Å². The van der Waals surface area contributed by atoms with E-state index in [0.717, 1.165) is 0 Å². The van der Waals surface area contributed by atoms with Gasteiger partial charge >= 0.3 is 0 Å². The Morgan fingerprint density at radius 1 is 1.12 bits per heavy atom. The summed E-state index contributed by atoms with van der Waals surface area (Å²) in [5, 5.41) is 5.60. The quantitative estimate of drug-likeness (QED) is 0.822. The molecule has 0 aliphatic carbocycles. The molecule has 0 saturated carbocycles. The van der Waals surface area contributed by atoms with Gasteiger partial charge in [0.2, 0.25) is 0 Å². The van der Waals surface area contributed by atoms with Gasteiger partial charge in [-0.25, -0.2) is 0 Å². The van der Waals surface area contributed by atoms with E-state index in [1.807, 2.05) is 0 Å². The third kappa shape index (κ3) is 2.10. The molecule has 4 nitrogen and oxygen atoms in total. The number of hydrogen-bond acceptors (Lipinski definition) is 3. The lowest BCUT2D eigenvalue weighted by atomic mass is 10.3. The lowest BCUT2D eigenvalue weighted by molar-refractivity contribution is -0.123. The van der Waals surface area contributed by atoms with E-state index in [9.17, 15) is 9.59 Å². The Bertz CT molecular complexity index is 496. The number of benzene rings is 1. The molecule has 2 amide bonds. The van der Waals surface area contributed by atoms with Crippen molar-refractivity contribution in [3.63, 3.8) is 0 Å². The minimum Gasteiger partial charge on any atom is -0.350 e. The number of hydrogen-bond donors (Lipinski definition) is 2. The fourth-order valence-corrected chi connectivity index (χ4v) is 1.73. The Labute approximate surface area is 105 Å². The van der Waals surface area contributed by atoms with E-state index < -0.39 is 11.8 Å². The molecule has 1 aliphatic heterocycles. The van der Waals surface area contributed by atoms with Gasteiger partial charge in [-0.1, -0.05) is 11.6 Å². The molecule has 1 aliphatic rings. The van der Waals surface area contributed by atoms with Gasteiger partial charge in [-0.05, 0) is 40.2 Å². The van der Waals surface area contributed by atoms with Crippen LogP contribution in [0.5, 0.6) is 0 Å². The van der Waals surface area contributed by atoms with Crippen molar-refractivity contribution in [2.75, 3.05) is 5.32 Å². The average Bonchev–Trinajstić information content (AvgIpc) is 2.48. The van der Waals surface area contributed by atoms with E-state index >= 15 is 0 Å². The average molecular weight is 302 g/mol. The maximum absolute atomic E-state index is 11.4. The molecule has 0 unspecified atom stereocenters. The number of imide groups is 1. The molecule has 0 saturated heterocycles. The van der Waals surface area contributed by atoms with E-state index in [2.05, 4.69) is 26.6 Å². The fraction of sp³-hybridized carbons (Fsp3) is 0. The molecular formula is C10H6BrClN2O2. The highest BCUT2D eigenvalue weighted by molar-refractivity contribution is 9.12. The Balaban J connectivity index is 2.25. The van der Waals surface area contributed by atoms with Crippen LogP contribution in [0.25, 0.3) is 0 Å². The van der Waals surface area contributed by atoms with E-state index in [4.69, 9.17) is 11.6 Å². The normalized spacial score (nSPS) is 15.4. The smallest absolute Gasteiger partial charge is 0.275 e. The van der Waals surface area contributed by atoms with Crippen LogP contribution in [0.2, 0.25) is 5.02 Å². The van der Waals surface area contributed by atoms with Gasteiger partial charge in [-0.3, -0.25) is 14.9 Å². The van der Waals surface area contributed by atoms with Crippen molar-refractivity contribution in [1.82, 2.24) is 5.32 Å². The minimum absolute atomic E-state index is 0.201. The summed E-state index contributed by atoms with van der Waals surface area (Å²) in [4.78, 5) is 22.5. The van der Waals surface area contributed by atoms with Crippen molar-refractivity contribution < 1.29 is 9.59 Å². The standard InChI is InChI=1S/C10H6BrClN2O2/c11-7-8(10(16)14-9(7)15)13-6-3-1-5(12)2-4-6/h1-4H,(H2,13,14,15,16).